The van der Waals surface area contributed by atoms with Crippen LogP contribution in [0.15, 0.2) is 24.3 Å². The predicted octanol–water partition coefficient (Wildman–Crippen LogP) is 1.16. The highest BCUT2D eigenvalue weighted by molar-refractivity contribution is 5.83. The van der Waals surface area contributed by atoms with Crippen LogP contribution in [0.4, 0.5) is 5.69 Å². The summed E-state index contributed by atoms with van der Waals surface area (Å²) in [4.78, 5) is 20.6. The van der Waals surface area contributed by atoms with E-state index in [2.05, 4.69) is 5.32 Å². The Morgan fingerprint density at radius 2 is 1.93 bits per heavy atom. The number of nitrogens with one attached hydrogen (secondary N) is 1. The Bertz CT molecular complexity index is 378. The highest BCUT2D eigenvalue weighted by Gasteiger charge is 2.26. The molecule has 14 heavy (non-hydrogen) atoms. The maximum atomic E-state index is 10.6. The molecule has 1 aromatic carbocycles. The minimum atomic E-state index is -0.441. The quantitative estimate of drug-likeness (QED) is 0.434. The molecule has 1 fully saturated rings. The number of carbonyl (C=O) groups is 1. The summed E-state index contributed by atoms with van der Waals surface area (Å²) in [6, 6.07) is 6.26. The van der Waals surface area contributed by atoms with E-state index >= 15 is 0 Å². The van der Waals surface area contributed by atoms with Crippen LogP contribution in [0.3, 0.4) is 0 Å². The molecular formula is C9H8N2O3. The molecule has 1 aliphatic rings. The van der Waals surface area contributed by atoms with Crippen LogP contribution >= 0.6 is 0 Å². The van der Waals surface area contributed by atoms with Gasteiger partial charge in [-0.15, -0.1) is 0 Å². The average Bonchev–Trinajstić information content (AvgIpc) is 2.13. The van der Waals surface area contributed by atoms with Crippen molar-refractivity contribution in [2.24, 2.45) is 0 Å². The van der Waals surface area contributed by atoms with E-state index in [-0.39, 0.29) is 17.6 Å². The SMILES string of the molecule is O=C1C[C@H](c2ccc([N+](=O)[O-])cc2)N1. The zero-order chi connectivity index (χ0) is 10.1. The molecule has 1 atom stereocenters. The van der Waals surface area contributed by atoms with Gasteiger partial charge in [-0.05, 0) is 5.56 Å². The van der Waals surface area contributed by atoms with Gasteiger partial charge in [-0.25, -0.2) is 0 Å². The number of β-lactam (4-membered cyclic amide) rings is 1. The van der Waals surface area contributed by atoms with Gasteiger partial charge in [0.25, 0.3) is 5.69 Å². The third kappa shape index (κ3) is 1.44. The molecule has 0 aromatic heterocycles. The number of benzene rings is 1. The molecule has 1 saturated heterocycles. The molecular weight excluding hydrogens is 184 g/mol. The van der Waals surface area contributed by atoms with Gasteiger partial charge in [0.05, 0.1) is 17.4 Å². The molecule has 1 aliphatic heterocycles. The Balaban J connectivity index is 2.14. The number of amides is 1. The maximum absolute atomic E-state index is 10.6. The lowest BCUT2D eigenvalue weighted by Gasteiger charge is -2.26. The zero-order valence-corrected chi connectivity index (χ0v) is 7.27. The van der Waals surface area contributed by atoms with Crippen LogP contribution in [0.1, 0.15) is 18.0 Å². The predicted molar refractivity (Wildman–Crippen MR) is 48.6 cm³/mol. The van der Waals surface area contributed by atoms with Crippen molar-refractivity contribution in [3.8, 4) is 0 Å². The third-order valence-electron chi connectivity index (χ3n) is 2.23. The maximum Gasteiger partial charge on any atom is 0.269 e. The molecule has 2 rings (SSSR count). The van der Waals surface area contributed by atoms with Crippen LogP contribution in [0.5, 0.6) is 0 Å². The summed E-state index contributed by atoms with van der Waals surface area (Å²) in [5.74, 6) is 0.0216. The lowest BCUT2D eigenvalue weighted by atomic mass is 9.97. The van der Waals surface area contributed by atoms with Crippen LogP contribution in [0.25, 0.3) is 0 Å². The van der Waals surface area contributed by atoms with Gasteiger partial charge in [-0.2, -0.15) is 0 Å². The Morgan fingerprint density at radius 1 is 1.36 bits per heavy atom. The number of nitro groups is 1. The molecule has 0 aliphatic carbocycles. The van der Waals surface area contributed by atoms with E-state index in [9.17, 15) is 14.9 Å². The first-order chi connectivity index (χ1) is 6.66. The standard InChI is InChI=1S/C9H8N2O3/c12-9-5-8(10-9)6-1-3-7(4-2-6)11(13)14/h1-4,8H,5H2,(H,10,12)/t8-/m1/s1. The Morgan fingerprint density at radius 3 is 2.36 bits per heavy atom. The van der Waals surface area contributed by atoms with Crippen molar-refractivity contribution in [1.82, 2.24) is 5.32 Å². The zero-order valence-electron chi connectivity index (χ0n) is 7.27. The van der Waals surface area contributed by atoms with E-state index in [1.807, 2.05) is 0 Å². The highest BCUT2D eigenvalue weighted by Crippen LogP contribution is 2.25. The molecule has 0 saturated carbocycles. The molecule has 1 heterocycles. The van der Waals surface area contributed by atoms with Crippen molar-refractivity contribution < 1.29 is 9.72 Å². The van der Waals surface area contributed by atoms with Gasteiger partial charge < -0.3 is 5.32 Å². The van der Waals surface area contributed by atoms with Crippen molar-refractivity contribution in [3.63, 3.8) is 0 Å². The molecule has 0 unspecified atom stereocenters. The van der Waals surface area contributed by atoms with E-state index in [4.69, 9.17) is 0 Å². The van der Waals surface area contributed by atoms with Crippen molar-refractivity contribution in [2.75, 3.05) is 0 Å². The fraction of sp³-hybridized carbons (Fsp3) is 0.222. The van der Waals surface area contributed by atoms with Crippen molar-refractivity contribution in [2.45, 2.75) is 12.5 Å². The van der Waals surface area contributed by atoms with E-state index < -0.39 is 4.92 Å². The average molecular weight is 192 g/mol. The number of hydrogen-bond acceptors (Lipinski definition) is 3. The van der Waals surface area contributed by atoms with Gasteiger partial charge in [0.1, 0.15) is 0 Å². The Kier molecular flexibility index (Phi) is 1.92. The molecule has 5 heteroatoms. The molecule has 0 radical (unpaired) electrons. The van der Waals surface area contributed by atoms with Crippen molar-refractivity contribution in [1.29, 1.82) is 0 Å². The van der Waals surface area contributed by atoms with Gasteiger partial charge >= 0.3 is 0 Å². The first kappa shape index (κ1) is 8.68. The number of nitro benzene ring substituents is 1. The molecule has 1 amide bonds. The second kappa shape index (κ2) is 3.10. The van der Waals surface area contributed by atoms with Gasteiger partial charge in [-0.1, -0.05) is 12.1 Å². The molecule has 72 valence electrons. The van der Waals surface area contributed by atoms with Crippen LogP contribution in [-0.2, 0) is 4.79 Å². The normalized spacial score (nSPS) is 19.7. The highest BCUT2D eigenvalue weighted by atomic mass is 16.6. The topological polar surface area (TPSA) is 72.2 Å². The second-order valence-corrected chi connectivity index (χ2v) is 3.17. The number of non-ortho nitro benzene ring substituents is 1. The monoisotopic (exact) mass is 192 g/mol. The van der Waals surface area contributed by atoms with Crippen LogP contribution < -0.4 is 5.32 Å². The molecule has 0 spiro atoms. The lowest BCUT2D eigenvalue weighted by molar-refractivity contribution is -0.384. The van der Waals surface area contributed by atoms with Gasteiger partial charge in [0.2, 0.25) is 5.91 Å². The van der Waals surface area contributed by atoms with Crippen LogP contribution in [0.2, 0.25) is 0 Å². The summed E-state index contributed by atoms with van der Waals surface area (Å²) in [5.41, 5.74) is 0.981. The molecule has 0 bridgehead atoms. The summed E-state index contributed by atoms with van der Waals surface area (Å²) in [6.07, 6.45) is 0.470. The second-order valence-electron chi connectivity index (χ2n) is 3.17. The summed E-state index contributed by atoms with van der Waals surface area (Å²) >= 11 is 0. The van der Waals surface area contributed by atoms with E-state index in [1.54, 1.807) is 12.1 Å². The third-order valence-corrected chi connectivity index (χ3v) is 2.23. The minimum Gasteiger partial charge on any atom is -0.349 e. The first-order valence-corrected chi connectivity index (χ1v) is 4.20. The minimum absolute atomic E-state index is 0.0216. The van der Waals surface area contributed by atoms with Crippen molar-refractivity contribution in [3.05, 3.63) is 39.9 Å². The number of carbonyl (C=O) groups excluding carboxylic acids is 1. The van der Waals surface area contributed by atoms with Gasteiger partial charge in [0, 0.05) is 12.1 Å². The molecule has 5 nitrogen and oxygen atoms in total. The number of rotatable bonds is 2. The molecule has 1 aromatic rings. The lowest BCUT2D eigenvalue weighted by Crippen LogP contribution is -2.41. The van der Waals surface area contributed by atoms with Crippen LogP contribution in [0, 0.1) is 10.1 Å². The van der Waals surface area contributed by atoms with Gasteiger partial charge in [0.15, 0.2) is 0 Å². The summed E-state index contributed by atoms with van der Waals surface area (Å²) in [5, 5.41) is 13.1. The Labute approximate surface area is 79.9 Å². The first-order valence-electron chi connectivity index (χ1n) is 4.20. The van der Waals surface area contributed by atoms with E-state index in [0.717, 1.165) is 5.56 Å². The van der Waals surface area contributed by atoms with E-state index in [1.165, 1.54) is 12.1 Å². The summed E-state index contributed by atoms with van der Waals surface area (Å²) < 4.78 is 0. The summed E-state index contributed by atoms with van der Waals surface area (Å²) in [6.45, 7) is 0. The van der Waals surface area contributed by atoms with Crippen LogP contribution in [-0.4, -0.2) is 10.8 Å². The van der Waals surface area contributed by atoms with Gasteiger partial charge in [-0.3, -0.25) is 14.9 Å². The largest absolute Gasteiger partial charge is 0.349 e. The fourth-order valence-corrected chi connectivity index (χ4v) is 1.39. The number of nitrogens with zero attached hydrogens (tertiary/aromatic N) is 1. The molecule has 1 N–H and O–H groups in total. The Hall–Kier alpha value is -1.91. The number of hydrogen-bond donors (Lipinski definition) is 1. The van der Waals surface area contributed by atoms with E-state index in [0.29, 0.717) is 6.42 Å². The van der Waals surface area contributed by atoms with Crippen molar-refractivity contribution >= 4 is 11.6 Å². The smallest absolute Gasteiger partial charge is 0.269 e. The fourth-order valence-electron chi connectivity index (χ4n) is 1.39. The summed E-state index contributed by atoms with van der Waals surface area (Å²) in [7, 11) is 0.